The van der Waals surface area contributed by atoms with E-state index in [4.69, 9.17) is 14.7 Å². The number of Topliss-reactive ketones (excluding diaryl/α,β-unsaturated/α-hetero) is 1. The number of nitrogens with one attached hydrogen (secondary N) is 1. The molecule has 3 atom stereocenters. The van der Waals surface area contributed by atoms with Gasteiger partial charge in [-0.1, -0.05) is 26.3 Å². The Morgan fingerprint density at radius 1 is 1.13 bits per heavy atom. The van der Waals surface area contributed by atoms with Gasteiger partial charge in [-0.3, -0.25) is 4.79 Å². The number of ketones is 1. The summed E-state index contributed by atoms with van der Waals surface area (Å²) in [5.41, 5.74) is 4.38. The van der Waals surface area contributed by atoms with Crippen LogP contribution in [0.2, 0.25) is 0 Å². The van der Waals surface area contributed by atoms with Gasteiger partial charge in [0.25, 0.3) is 0 Å². The zero-order chi connectivity index (χ0) is 31.5. The molecular formula is C37H52N6O2. The number of ether oxygens (including phenoxy) is 1. The highest BCUT2D eigenvalue weighted by Gasteiger charge is 2.41. The SMILES string of the molecule is C=C1C(CC)N(C2CCCC2)c2nc(Nc3ccc(C(=O)CCCC4CC5CN(C)CC5C4)c4c3OC(C)(C)C4)ncc2N1C. The molecule has 0 radical (unpaired) electrons. The maximum Gasteiger partial charge on any atom is 0.229 e. The van der Waals surface area contributed by atoms with Crippen LogP contribution in [-0.2, 0) is 6.42 Å². The van der Waals surface area contributed by atoms with Gasteiger partial charge in [0, 0.05) is 55.8 Å². The molecular weight excluding hydrogens is 560 g/mol. The average Bonchev–Trinajstić information content (AvgIpc) is 3.78. The van der Waals surface area contributed by atoms with Gasteiger partial charge in [0.1, 0.15) is 17.0 Å². The van der Waals surface area contributed by atoms with Crippen LogP contribution in [0.4, 0.5) is 23.1 Å². The predicted octanol–water partition coefficient (Wildman–Crippen LogP) is 7.37. The van der Waals surface area contributed by atoms with Crippen molar-refractivity contribution < 1.29 is 9.53 Å². The van der Waals surface area contributed by atoms with Crippen molar-refractivity contribution in [3.8, 4) is 5.75 Å². The highest BCUT2D eigenvalue weighted by atomic mass is 16.5. The summed E-state index contributed by atoms with van der Waals surface area (Å²) in [4.78, 5) is 30.6. The molecule has 0 amide bonds. The van der Waals surface area contributed by atoms with Crippen LogP contribution in [0.5, 0.6) is 5.75 Å². The molecule has 8 heteroatoms. The fourth-order valence-electron chi connectivity index (χ4n) is 9.30. The van der Waals surface area contributed by atoms with Crippen LogP contribution in [-0.4, -0.2) is 65.5 Å². The van der Waals surface area contributed by atoms with Gasteiger partial charge < -0.3 is 24.8 Å². The van der Waals surface area contributed by atoms with E-state index in [1.165, 1.54) is 58.0 Å². The molecule has 1 N–H and O–H groups in total. The summed E-state index contributed by atoms with van der Waals surface area (Å²) >= 11 is 0. The van der Waals surface area contributed by atoms with Crippen LogP contribution in [0.3, 0.4) is 0 Å². The Morgan fingerprint density at radius 2 is 1.87 bits per heavy atom. The topological polar surface area (TPSA) is 73.8 Å². The summed E-state index contributed by atoms with van der Waals surface area (Å²) in [6.45, 7) is 13.4. The largest absolute Gasteiger partial charge is 0.485 e. The van der Waals surface area contributed by atoms with Gasteiger partial charge >= 0.3 is 0 Å². The molecule has 2 aliphatic carbocycles. The lowest BCUT2D eigenvalue weighted by Gasteiger charge is -2.46. The van der Waals surface area contributed by atoms with Crippen molar-refractivity contribution in [3.63, 3.8) is 0 Å². The number of hydrogen-bond acceptors (Lipinski definition) is 8. The van der Waals surface area contributed by atoms with Crippen molar-refractivity contribution in [3.05, 3.63) is 41.7 Å². The molecule has 3 fully saturated rings. The number of carbonyl (C=O) groups excluding carboxylic acids is 1. The number of hydrogen-bond donors (Lipinski definition) is 1. The van der Waals surface area contributed by atoms with Crippen LogP contribution >= 0.6 is 0 Å². The lowest BCUT2D eigenvalue weighted by atomic mass is 9.92. The molecule has 0 bridgehead atoms. The third kappa shape index (κ3) is 5.72. The molecule has 3 unspecified atom stereocenters. The quantitative estimate of drug-likeness (QED) is 0.295. The summed E-state index contributed by atoms with van der Waals surface area (Å²) in [6.07, 6.45) is 13.9. The van der Waals surface area contributed by atoms with Crippen molar-refractivity contribution >= 4 is 28.9 Å². The van der Waals surface area contributed by atoms with E-state index in [9.17, 15) is 4.79 Å². The van der Waals surface area contributed by atoms with Crippen molar-refractivity contribution in [1.29, 1.82) is 0 Å². The number of fused-ring (bicyclic) bond motifs is 3. The third-order valence-corrected chi connectivity index (χ3v) is 11.4. The van der Waals surface area contributed by atoms with E-state index in [0.29, 0.717) is 24.8 Å². The first-order chi connectivity index (χ1) is 21.6. The molecule has 1 aromatic heterocycles. The molecule has 45 heavy (non-hydrogen) atoms. The van der Waals surface area contributed by atoms with E-state index in [2.05, 4.69) is 61.5 Å². The number of nitrogens with zero attached hydrogens (tertiary/aromatic N) is 5. The van der Waals surface area contributed by atoms with Gasteiger partial charge in [0.2, 0.25) is 5.95 Å². The molecule has 7 rings (SSSR count). The molecule has 0 spiro atoms. The number of likely N-dealkylation sites (tertiary alicyclic amines) is 1. The first kappa shape index (κ1) is 30.5. The fraction of sp³-hybridized carbons (Fsp3) is 0.649. The van der Waals surface area contributed by atoms with Crippen LogP contribution in [0.15, 0.2) is 30.6 Å². The third-order valence-electron chi connectivity index (χ3n) is 11.4. The standard InChI is InChI=1S/C37H52N6O2/c1-7-31-23(2)42(6)32-20-38-36(40-35(32)43(31)27-12-8-9-13-27)39-30-16-15-28(29-19-37(3,4)45-34(29)30)33(44)14-10-11-24-17-25-21-41(5)22-26(25)18-24/h15-16,20,24-27,31H,2,7-14,17-19,21-22H2,1,3-6H3,(H,38,39,40). The van der Waals surface area contributed by atoms with E-state index < -0.39 is 0 Å². The zero-order valence-corrected chi connectivity index (χ0v) is 28.1. The molecule has 242 valence electrons. The Bertz CT molecular complexity index is 1450. The minimum atomic E-state index is -0.378. The van der Waals surface area contributed by atoms with E-state index in [1.54, 1.807) is 0 Å². The number of likely N-dealkylation sites (N-methyl/N-ethyl adjacent to an activating group) is 1. The summed E-state index contributed by atoms with van der Waals surface area (Å²) in [7, 11) is 4.32. The summed E-state index contributed by atoms with van der Waals surface area (Å²) in [5.74, 6) is 5.06. The van der Waals surface area contributed by atoms with Crippen LogP contribution in [0.1, 0.15) is 101 Å². The number of benzene rings is 1. The van der Waals surface area contributed by atoms with Gasteiger partial charge in [0.05, 0.1) is 17.9 Å². The highest BCUT2D eigenvalue weighted by Crippen LogP contribution is 2.46. The minimum absolute atomic E-state index is 0.224. The maximum absolute atomic E-state index is 13.6. The van der Waals surface area contributed by atoms with Gasteiger partial charge in [-0.15, -0.1) is 0 Å². The van der Waals surface area contributed by atoms with Gasteiger partial charge in [-0.2, -0.15) is 4.98 Å². The van der Waals surface area contributed by atoms with Crippen molar-refractivity contribution in [2.45, 2.75) is 109 Å². The lowest BCUT2D eigenvalue weighted by molar-refractivity contribution is 0.0976. The Hall–Kier alpha value is -3.13. The molecule has 8 nitrogen and oxygen atoms in total. The number of rotatable bonds is 9. The smallest absolute Gasteiger partial charge is 0.229 e. The van der Waals surface area contributed by atoms with Gasteiger partial charge in [-0.05, 0) is 95.7 Å². The molecule has 2 saturated carbocycles. The Labute approximate surface area is 269 Å². The lowest BCUT2D eigenvalue weighted by Crippen LogP contribution is -2.50. The average molecular weight is 613 g/mol. The molecule has 2 aromatic rings. The van der Waals surface area contributed by atoms with E-state index in [-0.39, 0.29) is 17.4 Å². The highest BCUT2D eigenvalue weighted by molar-refractivity contribution is 5.99. The van der Waals surface area contributed by atoms with Crippen LogP contribution in [0, 0.1) is 17.8 Å². The van der Waals surface area contributed by atoms with Gasteiger partial charge in [-0.25, -0.2) is 4.98 Å². The van der Waals surface area contributed by atoms with Crippen LogP contribution in [0.25, 0.3) is 0 Å². The number of aromatic nitrogens is 2. The normalized spacial score (nSPS) is 27.4. The second kappa shape index (κ2) is 11.9. The molecule has 3 aliphatic heterocycles. The fourth-order valence-corrected chi connectivity index (χ4v) is 9.30. The number of anilines is 4. The monoisotopic (exact) mass is 612 g/mol. The minimum Gasteiger partial charge on any atom is -0.485 e. The number of carbonyl (C=O) groups is 1. The maximum atomic E-state index is 13.6. The first-order valence-corrected chi connectivity index (χ1v) is 17.5. The Balaban J connectivity index is 1.09. The van der Waals surface area contributed by atoms with Gasteiger partial charge in [0.15, 0.2) is 11.6 Å². The van der Waals surface area contributed by atoms with E-state index >= 15 is 0 Å². The zero-order valence-electron chi connectivity index (χ0n) is 28.1. The molecule has 1 aromatic carbocycles. The van der Waals surface area contributed by atoms with Crippen molar-refractivity contribution in [2.24, 2.45) is 17.8 Å². The molecule has 4 heterocycles. The van der Waals surface area contributed by atoms with Crippen molar-refractivity contribution in [2.75, 3.05) is 42.3 Å². The second-order valence-electron chi connectivity index (χ2n) is 15.2. The van der Waals surface area contributed by atoms with Crippen LogP contribution < -0.4 is 19.9 Å². The summed E-state index contributed by atoms with van der Waals surface area (Å²) < 4.78 is 6.50. The predicted molar refractivity (Wildman–Crippen MR) is 182 cm³/mol. The Morgan fingerprint density at radius 3 is 2.58 bits per heavy atom. The molecule has 1 saturated heterocycles. The summed E-state index contributed by atoms with van der Waals surface area (Å²) in [6, 6.07) is 4.68. The van der Waals surface area contributed by atoms with E-state index in [0.717, 1.165) is 70.4 Å². The first-order valence-electron chi connectivity index (χ1n) is 17.5. The summed E-state index contributed by atoms with van der Waals surface area (Å²) in [5, 5.41) is 3.50. The second-order valence-corrected chi connectivity index (χ2v) is 15.2. The van der Waals surface area contributed by atoms with E-state index in [1.807, 2.05) is 18.3 Å². The van der Waals surface area contributed by atoms with Crippen molar-refractivity contribution in [1.82, 2.24) is 14.9 Å². The Kier molecular flexibility index (Phi) is 8.07. The molecule has 5 aliphatic rings.